The van der Waals surface area contributed by atoms with Crippen molar-refractivity contribution in [1.82, 2.24) is 16.0 Å². The van der Waals surface area contributed by atoms with Crippen molar-refractivity contribution in [3.8, 4) is 0 Å². The zero-order valence-electron chi connectivity index (χ0n) is 12.0. The van der Waals surface area contributed by atoms with Crippen molar-refractivity contribution in [2.75, 3.05) is 13.1 Å². The van der Waals surface area contributed by atoms with Crippen molar-refractivity contribution in [3.05, 3.63) is 35.4 Å². The Bertz CT molecular complexity index is 531. The van der Waals surface area contributed by atoms with Crippen LogP contribution in [0, 0.1) is 6.92 Å². The molecule has 0 fully saturated rings. The van der Waals surface area contributed by atoms with Gasteiger partial charge in [0, 0.05) is 20.0 Å². The van der Waals surface area contributed by atoms with Gasteiger partial charge in [0.05, 0.1) is 0 Å². The van der Waals surface area contributed by atoms with Crippen LogP contribution in [0.1, 0.15) is 24.1 Å². The number of urea groups is 1. The number of benzene rings is 1. The number of carbonyl (C=O) groups is 3. The van der Waals surface area contributed by atoms with E-state index >= 15 is 0 Å². The molecule has 1 atom stereocenters. The summed E-state index contributed by atoms with van der Waals surface area (Å²) in [4.78, 5) is 33.6. The minimum atomic E-state index is -1.14. The van der Waals surface area contributed by atoms with Crippen LogP contribution in [0.5, 0.6) is 0 Å². The fourth-order valence-electron chi connectivity index (χ4n) is 1.73. The topological polar surface area (TPSA) is 108 Å². The lowest BCUT2D eigenvalue weighted by Crippen LogP contribution is -2.43. The molecule has 0 unspecified atom stereocenters. The van der Waals surface area contributed by atoms with E-state index in [2.05, 4.69) is 16.0 Å². The van der Waals surface area contributed by atoms with Crippen molar-refractivity contribution < 1.29 is 19.5 Å². The predicted octanol–water partition coefficient (Wildman–Crippen LogP) is 0.556. The number of hydrogen-bond acceptors (Lipinski definition) is 3. The summed E-state index contributed by atoms with van der Waals surface area (Å²) in [5.74, 6) is -1.34. The second kappa shape index (κ2) is 7.88. The summed E-state index contributed by atoms with van der Waals surface area (Å²) in [5.41, 5.74) is 1.41. The number of carboxylic acids is 1. The lowest BCUT2D eigenvalue weighted by Gasteiger charge is -2.16. The molecule has 7 nitrogen and oxygen atoms in total. The maximum atomic E-state index is 11.7. The van der Waals surface area contributed by atoms with Crippen LogP contribution in [-0.4, -0.2) is 36.1 Å². The van der Waals surface area contributed by atoms with E-state index in [1.165, 1.54) is 6.92 Å². The van der Waals surface area contributed by atoms with Gasteiger partial charge in [-0.25, -0.2) is 9.59 Å². The zero-order chi connectivity index (χ0) is 15.8. The van der Waals surface area contributed by atoms with Gasteiger partial charge < -0.3 is 21.1 Å². The van der Waals surface area contributed by atoms with Crippen LogP contribution in [0.3, 0.4) is 0 Å². The molecule has 0 aliphatic heterocycles. The van der Waals surface area contributed by atoms with Gasteiger partial charge in [0.1, 0.15) is 0 Å². The van der Waals surface area contributed by atoms with E-state index in [0.717, 1.165) is 5.56 Å². The normalized spacial score (nSPS) is 11.3. The Balaban J connectivity index is 2.57. The van der Waals surface area contributed by atoms with E-state index in [9.17, 15) is 19.5 Å². The molecule has 0 bridgehead atoms. The van der Waals surface area contributed by atoms with Crippen LogP contribution in [-0.2, 0) is 9.59 Å². The Hall–Kier alpha value is -2.57. The Morgan fingerprint density at radius 2 is 1.86 bits per heavy atom. The average Bonchev–Trinajstić information content (AvgIpc) is 2.40. The standard InChI is InChI=1S/C14H19N3O4/c1-9-4-3-5-11(8-9)12(13(19)20)17-14(21)16-7-6-15-10(2)18/h3-5,8,12H,6-7H2,1-2H3,(H,15,18)(H,19,20)(H2,16,17,21)/t12-/m0/s1. The van der Waals surface area contributed by atoms with Gasteiger partial charge in [-0.05, 0) is 12.5 Å². The number of aryl methyl sites for hydroxylation is 1. The van der Waals surface area contributed by atoms with Gasteiger partial charge in [0.2, 0.25) is 5.91 Å². The maximum Gasteiger partial charge on any atom is 0.330 e. The minimum absolute atomic E-state index is 0.194. The summed E-state index contributed by atoms with van der Waals surface area (Å²) in [6.45, 7) is 3.71. The first kappa shape index (κ1) is 16.5. The molecule has 0 saturated carbocycles. The SMILES string of the molecule is CC(=O)NCCNC(=O)N[C@H](C(=O)O)c1cccc(C)c1. The van der Waals surface area contributed by atoms with E-state index in [1.807, 2.05) is 13.0 Å². The van der Waals surface area contributed by atoms with E-state index in [-0.39, 0.29) is 19.0 Å². The molecular weight excluding hydrogens is 274 g/mol. The van der Waals surface area contributed by atoms with Crippen LogP contribution >= 0.6 is 0 Å². The van der Waals surface area contributed by atoms with Gasteiger partial charge in [-0.2, -0.15) is 0 Å². The Morgan fingerprint density at radius 3 is 2.43 bits per heavy atom. The average molecular weight is 293 g/mol. The van der Waals surface area contributed by atoms with Crippen molar-refractivity contribution in [3.63, 3.8) is 0 Å². The van der Waals surface area contributed by atoms with Crippen molar-refractivity contribution in [1.29, 1.82) is 0 Å². The predicted molar refractivity (Wildman–Crippen MR) is 76.8 cm³/mol. The van der Waals surface area contributed by atoms with Gasteiger partial charge >= 0.3 is 12.0 Å². The molecule has 3 amide bonds. The third-order valence-corrected chi connectivity index (χ3v) is 2.68. The van der Waals surface area contributed by atoms with E-state index in [1.54, 1.807) is 18.2 Å². The number of carboxylic acid groups (broad SMARTS) is 1. The van der Waals surface area contributed by atoms with Crippen LogP contribution in [0.4, 0.5) is 4.79 Å². The minimum Gasteiger partial charge on any atom is -0.479 e. The highest BCUT2D eigenvalue weighted by Gasteiger charge is 2.21. The fraction of sp³-hybridized carbons (Fsp3) is 0.357. The number of nitrogens with one attached hydrogen (secondary N) is 3. The monoisotopic (exact) mass is 293 g/mol. The molecule has 0 aromatic heterocycles. The largest absolute Gasteiger partial charge is 0.479 e. The maximum absolute atomic E-state index is 11.7. The van der Waals surface area contributed by atoms with Crippen LogP contribution in [0.15, 0.2) is 24.3 Å². The first-order chi connectivity index (χ1) is 9.90. The molecule has 0 heterocycles. The molecule has 0 aliphatic rings. The van der Waals surface area contributed by atoms with Crippen LogP contribution in [0.2, 0.25) is 0 Å². The van der Waals surface area contributed by atoms with E-state index < -0.39 is 18.0 Å². The smallest absolute Gasteiger partial charge is 0.330 e. The summed E-state index contributed by atoms with van der Waals surface area (Å²) in [5, 5.41) is 16.6. The van der Waals surface area contributed by atoms with Crippen LogP contribution in [0.25, 0.3) is 0 Å². The number of carbonyl (C=O) groups excluding carboxylic acids is 2. The van der Waals surface area contributed by atoms with Crippen molar-refractivity contribution >= 4 is 17.9 Å². The fourth-order valence-corrected chi connectivity index (χ4v) is 1.73. The summed E-state index contributed by atoms with van der Waals surface area (Å²) < 4.78 is 0. The first-order valence-corrected chi connectivity index (χ1v) is 6.48. The zero-order valence-corrected chi connectivity index (χ0v) is 12.0. The second-order valence-corrected chi connectivity index (χ2v) is 4.57. The molecule has 0 saturated heterocycles. The van der Waals surface area contributed by atoms with E-state index in [0.29, 0.717) is 5.56 Å². The third kappa shape index (κ3) is 5.94. The lowest BCUT2D eigenvalue weighted by molar-refractivity contribution is -0.139. The van der Waals surface area contributed by atoms with Crippen molar-refractivity contribution in [2.24, 2.45) is 0 Å². The van der Waals surface area contributed by atoms with E-state index in [4.69, 9.17) is 0 Å². The summed E-state index contributed by atoms with van der Waals surface area (Å²) in [6.07, 6.45) is 0. The van der Waals surface area contributed by atoms with Crippen molar-refractivity contribution in [2.45, 2.75) is 19.9 Å². The molecule has 1 aromatic carbocycles. The molecule has 4 N–H and O–H groups in total. The molecule has 1 aromatic rings. The number of hydrogen-bond donors (Lipinski definition) is 4. The lowest BCUT2D eigenvalue weighted by atomic mass is 10.0. The number of amides is 3. The molecule has 0 radical (unpaired) electrons. The summed E-state index contributed by atoms with van der Waals surface area (Å²) >= 11 is 0. The van der Waals surface area contributed by atoms with Gasteiger partial charge in [-0.15, -0.1) is 0 Å². The molecule has 0 spiro atoms. The molecule has 7 heteroatoms. The third-order valence-electron chi connectivity index (χ3n) is 2.68. The Morgan fingerprint density at radius 1 is 1.19 bits per heavy atom. The first-order valence-electron chi connectivity index (χ1n) is 6.48. The summed E-state index contributed by atoms with van der Waals surface area (Å²) in [7, 11) is 0. The highest BCUT2D eigenvalue weighted by atomic mass is 16.4. The van der Waals surface area contributed by atoms with Gasteiger partial charge in [-0.1, -0.05) is 29.8 Å². The van der Waals surface area contributed by atoms with Crippen LogP contribution < -0.4 is 16.0 Å². The molecular formula is C14H19N3O4. The summed E-state index contributed by atoms with van der Waals surface area (Å²) in [6, 6.07) is 5.20. The number of rotatable bonds is 6. The highest BCUT2D eigenvalue weighted by molar-refractivity contribution is 5.83. The molecule has 21 heavy (non-hydrogen) atoms. The molecule has 1 rings (SSSR count). The Kier molecular flexibility index (Phi) is 6.19. The molecule has 0 aliphatic carbocycles. The van der Waals surface area contributed by atoms with Gasteiger partial charge in [0.15, 0.2) is 6.04 Å². The highest BCUT2D eigenvalue weighted by Crippen LogP contribution is 2.14. The Labute approximate surface area is 122 Å². The number of aliphatic carboxylic acids is 1. The van der Waals surface area contributed by atoms with Gasteiger partial charge in [0.25, 0.3) is 0 Å². The quantitative estimate of drug-likeness (QED) is 0.575. The molecule has 114 valence electrons. The second-order valence-electron chi connectivity index (χ2n) is 4.57. The van der Waals surface area contributed by atoms with Gasteiger partial charge in [-0.3, -0.25) is 4.79 Å².